The minimum Gasteiger partial charge on any atom is -0.493 e. The van der Waals surface area contributed by atoms with E-state index in [1.54, 1.807) is 36.6 Å². The summed E-state index contributed by atoms with van der Waals surface area (Å²) in [5.41, 5.74) is 1.58. The van der Waals surface area contributed by atoms with E-state index in [1.165, 1.54) is 18.9 Å². The van der Waals surface area contributed by atoms with Crippen molar-refractivity contribution >= 4 is 11.8 Å². The number of nitrogens with one attached hydrogen (secondary N) is 1. The number of aromatic amines is 1. The molecule has 1 N–H and O–H groups in total. The van der Waals surface area contributed by atoms with Crippen molar-refractivity contribution < 1.29 is 9.47 Å². The lowest BCUT2D eigenvalue weighted by Gasteiger charge is -2.13. The Labute approximate surface area is 171 Å². The number of nitrogens with zero attached hydrogens (tertiary/aromatic N) is 3. The quantitative estimate of drug-likeness (QED) is 0.494. The van der Waals surface area contributed by atoms with E-state index in [0.717, 1.165) is 5.56 Å². The zero-order valence-electron chi connectivity index (χ0n) is 15.7. The summed E-state index contributed by atoms with van der Waals surface area (Å²) in [4.78, 5) is 19.1. The topological polar surface area (TPSA) is 112 Å². The fraction of sp³-hybridized carbons (Fsp3) is 0.143. The van der Waals surface area contributed by atoms with Gasteiger partial charge in [0.15, 0.2) is 16.7 Å². The van der Waals surface area contributed by atoms with E-state index < -0.39 is 5.56 Å². The highest BCUT2D eigenvalue weighted by Crippen LogP contribution is 2.33. The number of benzene rings is 2. The molecule has 0 saturated carbocycles. The maximum atomic E-state index is 12.2. The van der Waals surface area contributed by atoms with Crippen molar-refractivity contribution in [2.45, 2.75) is 11.8 Å². The van der Waals surface area contributed by atoms with Crippen LogP contribution < -0.4 is 15.0 Å². The average molecular weight is 404 g/mol. The molecule has 1 heterocycles. The highest BCUT2D eigenvalue weighted by Gasteiger charge is 2.16. The van der Waals surface area contributed by atoms with Gasteiger partial charge in [-0.05, 0) is 30.5 Å². The zero-order chi connectivity index (χ0) is 20.8. The minimum absolute atomic E-state index is 0.0681. The second-order valence-corrected chi connectivity index (χ2v) is 6.63. The first kappa shape index (κ1) is 20.0. The maximum Gasteiger partial charge on any atom is 0.270 e. The first-order chi connectivity index (χ1) is 14.1. The molecule has 3 aromatic rings. The Balaban J connectivity index is 1.96. The zero-order valence-corrected chi connectivity index (χ0v) is 16.5. The molecule has 144 valence electrons. The van der Waals surface area contributed by atoms with Crippen LogP contribution >= 0.6 is 11.8 Å². The molecule has 0 aliphatic rings. The van der Waals surface area contributed by atoms with Crippen LogP contribution in [-0.4, -0.2) is 23.3 Å². The number of hydrogen-bond acceptors (Lipinski definition) is 7. The number of hydrogen-bond donors (Lipinski definition) is 1. The molecule has 0 bridgehead atoms. The highest BCUT2D eigenvalue weighted by atomic mass is 32.2. The van der Waals surface area contributed by atoms with E-state index in [4.69, 9.17) is 9.47 Å². The van der Waals surface area contributed by atoms with Crippen LogP contribution in [0.2, 0.25) is 0 Å². The van der Waals surface area contributed by atoms with Gasteiger partial charge in [0.25, 0.3) is 5.56 Å². The number of nitriles is 2. The summed E-state index contributed by atoms with van der Waals surface area (Å²) >= 11 is 1.27. The number of aromatic nitrogens is 2. The SMILES string of the molecule is COc1cc(-c2nc(SC)[nH]c(=O)c2C#N)ccc1OCc1ccccc1C#N. The van der Waals surface area contributed by atoms with E-state index in [0.29, 0.717) is 27.8 Å². The van der Waals surface area contributed by atoms with Crippen LogP contribution in [0.1, 0.15) is 16.7 Å². The van der Waals surface area contributed by atoms with E-state index >= 15 is 0 Å². The largest absolute Gasteiger partial charge is 0.493 e. The molecule has 0 aliphatic carbocycles. The molecule has 0 spiro atoms. The van der Waals surface area contributed by atoms with Crippen molar-refractivity contribution in [2.24, 2.45) is 0 Å². The number of thioether (sulfide) groups is 1. The van der Waals surface area contributed by atoms with E-state index in [-0.39, 0.29) is 17.9 Å². The second kappa shape index (κ2) is 8.96. The van der Waals surface area contributed by atoms with Crippen LogP contribution in [-0.2, 0) is 6.61 Å². The van der Waals surface area contributed by atoms with Crippen LogP contribution in [0.4, 0.5) is 0 Å². The molecular weight excluding hydrogens is 388 g/mol. The first-order valence-corrected chi connectivity index (χ1v) is 9.71. The van der Waals surface area contributed by atoms with Crippen molar-refractivity contribution in [1.29, 1.82) is 10.5 Å². The number of ether oxygens (including phenoxy) is 2. The highest BCUT2D eigenvalue weighted by molar-refractivity contribution is 7.98. The second-order valence-electron chi connectivity index (χ2n) is 5.83. The molecule has 0 atom stereocenters. The Hall–Kier alpha value is -3.75. The summed E-state index contributed by atoms with van der Waals surface area (Å²) in [6, 6.07) is 16.3. The average Bonchev–Trinajstić information content (AvgIpc) is 2.77. The molecule has 0 saturated heterocycles. The van der Waals surface area contributed by atoms with Crippen LogP contribution in [0, 0.1) is 22.7 Å². The summed E-state index contributed by atoms with van der Waals surface area (Å²) in [5.74, 6) is 0.894. The molecule has 8 heteroatoms. The van der Waals surface area contributed by atoms with Gasteiger partial charge in [-0.2, -0.15) is 10.5 Å². The Morgan fingerprint density at radius 2 is 1.93 bits per heavy atom. The summed E-state index contributed by atoms with van der Waals surface area (Å²) in [5, 5.41) is 19.0. The number of rotatable bonds is 6. The number of H-pyrrole nitrogens is 1. The Morgan fingerprint density at radius 3 is 2.62 bits per heavy atom. The molecule has 0 fully saturated rings. The van der Waals surface area contributed by atoms with Crippen LogP contribution in [0.15, 0.2) is 52.4 Å². The summed E-state index contributed by atoms with van der Waals surface area (Å²) < 4.78 is 11.3. The van der Waals surface area contributed by atoms with Crippen molar-refractivity contribution in [3.05, 3.63) is 69.5 Å². The van der Waals surface area contributed by atoms with Gasteiger partial charge in [-0.1, -0.05) is 30.0 Å². The van der Waals surface area contributed by atoms with E-state index in [1.807, 2.05) is 18.2 Å². The number of methoxy groups -OCH3 is 1. The van der Waals surface area contributed by atoms with Gasteiger partial charge < -0.3 is 14.5 Å². The third kappa shape index (κ3) is 4.23. The van der Waals surface area contributed by atoms with Gasteiger partial charge in [-0.15, -0.1) is 0 Å². The lowest BCUT2D eigenvalue weighted by Crippen LogP contribution is -2.14. The molecule has 1 aromatic heterocycles. The third-order valence-corrected chi connectivity index (χ3v) is 4.74. The molecule has 29 heavy (non-hydrogen) atoms. The lowest BCUT2D eigenvalue weighted by atomic mass is 10.1. The van der Waals surface area contributed by atoms with Crippen LogP contribution in [0.5, 0.6) is 11.5 Å². The van der Waals surface area contributed by atoms with E-state index in [2.05, 4.69) is 16.0 Å². The summed E-state index contributed by atoms with van der Waals surface area (Å²) in [6.07, 6.45) is 1.78. The predicted molar refractivity (Wildman–Crippen MR) is 109 cm³/mol. The van der Waals surface area contributed by atoms with Gasteiger partial charge >= 0.3 is 0 Å². The molecule has 0 radical (unpaired) electrons. The summed E-state index contributed by atoms with van der Waals surface area (Å²) in [6.45, 7) is 0.197. The van der Waals surface area contributed by atoms with Crippen molar-refractivity contribution in [1.82, 2.24) is 9.97 Å². The minimum atomic E-state index is -0.491. The van der Waals surface area contributed by atoms with E-state index in [9.17, 15) is 15.3 Å². The normalized spacial score (nSPS) is 10.1. The predicted octanol–water partition coefficient (Wildman–Crippen LogP) is 3.49. The Kier molecular flexibility index (Phi) is 6.18. The van der Waals surface area contributed by atoms with Gasteiger partial charge in [-0.3, -0.25) is 4.79 Å². The first-order valence-electron chi connectivity index (χ1n) is 8.49. The standard InChI is InChI=1S/C21H16N4O3S/c1-27-18-9-13(19-16(11-23)20(26)25-21(24-19)29-2)7-8-17(18)28-12-15-6-4-3-5-14(15)10-22/h3-9H,12H2,1-2H3,(H,24,25,26). The molecule has 3 rings (SSSR count). The Bertz CT molecular complexity index is 1190. The fourth-order valence-electron chi connectivity index (χ4n) is 2.71. The van der Waals surface area contributed by atoms with Gasteiger partial charge in [0.05, 0.1) is 24.4 Å². The van der Waals surface area contributed by atoms with Gasteiger partial charge in [0.2, 0.25) is 0 Å². The molecule has 0 amide bonds. The molecule has 0 aliphatic heterocycles. The summed E-state index contributed by atoms with van der Waals surface area (Å²) in [7, 11) is 1.50. The van der Waals surface area contributed by atoms with Crippen molar-refractivity contribution in [3.8, 4) is 34.9 Å². The van der Waals surface area contributed by atoms with Gasteiger partial charge in [0.1, 0.15) is 18.2 Å². The molecule has 0 unspecified atom stereocenters. The lowest BCUT2D eigenvalue weighted by molar-refractivity contribution is 0.284. The smallest absolute Gasteiger partial charge is 0.270 e. The third-order valence-electron chi connectivity index (χ3n) is 4.16. The molecule has 7 nitrogen and oxygen atoms in total. The van der Waals surface area contributed by atoms with Crippen LogP contribution in [0.25, 0.3) is 11.3 Å². The van der Waals surface area contributed by atoms with Crippen LogP contribution in [0.3, 0.4) is 0 Å². The van der Waals surface area contributed by atoms with Crippen molar-refractivity contribution in [3.63, 3.8) is 0 Å². The monoisotopic (exact) mass is 404 g/mol. The molecule has 2 aromatic carbocycles. The van der Waals surface area contributed by atoms with Gasteiger partial charge in [-0.25, -0.2) is 4.98 Å². The maximum absolute atomic E-state index is 12.2. The van der Waals surface area contributed by atoms with Gasteiger partial charge in [0, 0.05) is 11.1 Å². The Morgan fingerprint density at radius 1 is 1.14 bits per heavy atom. The fourth-order valence-corrected chi connectivity index (χ4v) is 3.08. The molecular formula is C21H16N4O3S. The van der Waals surface area contributed by atoms with Crippen molar-refractivity contribution in [2.75, 3.05) is 13.4 Å².